The van der Waals surface area contributed by atoms with Crippen molar-refractivity contribution in [2.24, 2.45) is 0 Å². The van der Waals surface area contributed by atoms with E-state index in [0.717, 1.165) is 0 Å². The molecule has 0 aliphatic carbocycles. The van der Waals surface area contributed by atoms with E-state index in [2.05, 4.69) is 4.74 Å². The Morgan fingerprint density at radius 2 is 1.90 bits per heavy atom. The zero-order valence-corrected chi connectivity index (χ0v) is 14.2. The number of hydrogen-bond acceptors (Lipinski definition) is 7. The molecule has 0 fully saturated rings. The first-order chi connectivity index (χ1) is 8.75. The third-order valence-electron chi connectivity index (χ3n) is 2.32. The Kier molecular flexibility index (Phi) is 11.6. The maximum atomic E-state index is 11.3. The van der Waals surface area contributed by atoms with Crippen molar-refractivity contribution in [3.63, 3.8) is 0 Å². The van der Waals surface area contributed by atoms with Crippen molar-refractivity contribution < 1.29 is 64.0 Å². The van der Waals surface area contributed by atoms with Gasteiger partial charge in [-0.1, -0.05) is 6.92 Å². The van der Waals surface area contributed by atoms with Gasteiger partial charge in [0.2, 0.25) is 0 Å². The van der Waals surface area contributed by atoms with Crippen LogP contribution in [0.2, 0.25) is 0 Å². The molecule has 7 nitrogen and oxygen atoms in total. The van der Waals surface area contributed by atoms with Gasteiger partial charge in [0.05, 0.1) is 18.3 Å². The van der Waals surface area contributed by atoms with Crippen LogP contribution in [0, 0.1) is 0 Å². The van der Waals surface area contributed by atoms with Gasteiger partial charge in [0, 0.05) is 12.8 Å². The zero-order valence-electron chi connectivity index (χ0n) is 11.4. The molecule has 9 heteroatoms. The molecular weight excluding hydrogens is 303 g/mol. The third-order valence-corrected chi connectivity index (χ3v) is 2.67. The van der Waals surface area contributed by atoms with Crippen molar-refractivity contribution in [2.45, 2.75) is 37.9 Å². The molecule has 0 spiro atoms. The summed E-state index contributed by atoms with van der Waals surface area (Å²) in [6.45, 7) is 1.07. The summed E-state index contributed by atoms with van der Waals surface area (Å²) in [6, 6.07) is 0. The van der Waals surface area contributed by atoms with Crippen LogP contribution in [0.15, 0.2) is 0 Å². The van der Waals surface area contributed by atoms with Gasteiger partial charge in [0.25, 0.3) is 0 Å². The van der Waals surface area contributed by atoms with Crippen molar-refractivity contribution in [2.75, 3.05) is 12.5 Å². The van der Waals surface area contributed by atoms with Gasteiger partial charge in [-0.2, -0.15) is 0 Å². The number of halogens is 1. The summed E-state index contributed by atoms with van der Waals surface area (Å²) in [5.74, 6) is -3.68. The number of carbonyl (C=O) groups excluding carboxylic acids is 3. The van der Waals surface area contributed by atoms with E-state index in [1.807, 2.05) is 0 Å². The maximum absolute atomic E-state index is 11.3. The van der Waals surface area contributed by atoms with E-state index < -0.39 is 48.9 Å². The molecule has 0 rings (SSSR count). The number of carboxylic acids is 1. The first kappa shape index (κ1) is 22.1. The second-order valence-electron chi connectivity index (χ2n) is 4.06. The maximum Gasteiger partial charge on any atom is 1.00 e. The molecule has 0 aromatic rings. The Balaban J connectivity index is 0. The first-order valence-corrected chi connectivity index (χ1v) is 6.13. The number of hydrogen-bond donors (Lipinski definition) is 2. The summed E-state index contributed by atoms with van der Waals surface area (Å²) in [7, 11) is 0. The molecule has 0 radical (unpaired) electrons. The Hall–Kier alpha value is -0.180. The Morgan fingerprint density at radius 3 is 2.30 bits per heavy atom. The van der Waals surface area contributed by atoms with E-state index in [4.69, 9.17) is 16.7 Å². The molecule has 0 saturated heterocycles. The topological polar surface area (TPSA) is 124 Å². The van der Waals surface area contributed by atoms with Crippen molar-refractivity contribution in [3.8, 4) is 0 Å². The quantitative estimate of drug-likeness (QED) is 0.249. The largest absolute Gasteiger partial charge is 1.00 e. The first-order valence-electron chi connectivity index (χ1n) is 5.60. The van der Waals surface area contributed by atoms with Gasteiger partial charge in [-0.05, 0) is 0 Å². The summed E-state index contributed by atoms with van der Waals surface area (Å²) in [5.41, 5.74) is -2.60. The molecular formula is C11H16ClNaO7. The number of esters is 1. The smallest absolute Gasteiger partial charge is 0.547 e. The number of aliphatic hydroxyl groups excluding tert-OH is 1. The Morgan fingerprint density at radius 1 is 1.35 bits per heavy atom. The number of alkyl halides is 1. The minimum atomic E-state index is -2.60. The van der Waals surface area contributed by atoms with Crippen LogP contribution in [0.4, 0.5) is 0 Å². The number of rotatable bonds is 9. The molecule has 0 bridgehead atoms. The number of ketones is 1. The summed E-state index contributed by atoms with van der Waals surface area (Å²) in [5, 5.41) is 29.6. The number of carbonyl (C=O) groups is 3. The predicted octanol–water partition coefficient (Wildman–Crippen LogP) is -4.63. The molecule has 0 aromatic carbocycles. The van der Waals surface area contributed by atoms with Gasteiger partial charge in [0.15, 0.2) is 0 Å². The molecule has 0 saturated carbocycles. The molecule has 20 heavy (non-hydrogen) atoms. The molecule has 2 N–H and O–H groups in total. The van der Waals surface area contributed by atoms with Crippen LogP contribution in [-0.4, -0.2) is 52.1 Å². The number of aliphatic carboxylic acids is 1. The molecule has 0 aliphatic rings. The summed E-state index contributed by atoms with van der Waals surface area (Å²) >= 11 is 5.27. The molecule has 2 unspecified atom stereocenters. The van der Waals surface area contributed by atoms with Crippen LogP contribution in [0.5, 0.6) is 0 Å². The summed E-state index contributed by atoms with van der Waals surface area (Å²) in [4.78, 5) is 33.3. The van der Waals surface area contributed by atoms with Crippen molar-refractivity contribution in [3.05, 3.63) is 0 Å². The van der Waals surface area contributed by atoms with E-state index >= 15 is 0 Å². The van der Waals surface area contributed by atoms with Crippen molar-refractivity contribution in [1.29, 1.82) is 0 Å². The predicted molar refractivity (Wildman–Crippen MR) is 62.2 cm³/mol. The van der Waals surface area contributed by atoms with E-state index in [-0.39, 0.29) is 41.9 Å². The normalized spacial score (nSPS) is 14.6. The van der Waals surface area contributed by atoms with Crippen LogP contribution in [0.25, 0.3) is 0 Å². The Bertz CT molecular complexity index is 350. The van der Waals surface area contributed by atoms with Crippen LogP contribution in [0.3, 0.4) is 0 Å². The average molecular weight is 319 g/mol. The zero-order chi connectivity index (χ0) is 15.1. The van der Waals surface area contributed by atoms with E-state index in [1.165, 1.54) is 6.92 Å². The van der Waals surface area contributed by atoms with Crippen molar-refractivity contribution in [1.82, 2.24) is 0 Å². The minimum Gasteiger partial charge on any atom is -0.547 e. The van der Waals surface area contributed by atoms with Gasteiger partial charge >= 0.3 is 35.5 Å². The van der Waals surface area contributed by atoms with Gasteiger partial charge in [-0.3, -0.25) is 9.59 Å². The average Bonchev–Trinajstić information content (AvgIpc) is 2.35. The molecule has 0 aliphatic heterocycles. The van der Waals surface area contributed by atoms with Gasteiger partial charge in [-0.25, -0.2) is 0 Å². The second kappa shape index (κ2) is 10.5. The fourth-order valence-corrected chi connectivity index (χ4v) is 1.27. The summed E-state index contributed by atoms with van der Waals surface area (Å²) < 4.78 is 4.52. The molecule has 110 valence electrons. The van der Waals surface area contributed by atoms with E-state index in [0.29, 0.717) is 0 Å². The number of carboxylic acid groups (broad SMARTS) is 1. The molecule has 0 heterocycles. The van der Waals surface area contributed by atoms with E-state index in [1.54, 1.807) is 0 Å². The number of Topliss-reactive ketones (excluding diaryl/α,β-unsaturated/α-hetero) is 1. The van der Waals surface area contributed by atoms with E-state index in [9.17, 15) is 24.6 Å². The molecule has 2 atom stereocenters. The third kappa shape index (κ3) is 8.18. The van der Waals surface area contributed by atoms with Crippen LogP contribution in [-0.2, 0) is 19.1 Å². The van der Waals surface area contributed by atoms with Gasteiger partial charge < -0.3 is 24.9 Å². The monoisotopic (exact) mass is 318 g/mol. The fraction of sp³-hybridized carbons (Fsp3) is 0.727. The minimum absolute atomic E-state index is 0. The van der Waals surface area contributed by atoms with Crippen molar-refractivity contribution >= 4 is 29.3 Å². The molecule has 0 amide bonds. The molecule has 0 aromatic heterocycles. The second-order valence-corrected chi connectivity index (χ2v) is 4.36. The van der Waals surface area contributed by atoms with Gasteiger partial charge in [0.1, 0.15) is 24.1 Å². The fourth-order valence-electron chi connectivity index (χ4n) is 1.18. The van der Waals surface area contributed by atoms with Crippen LogP contribution < -0.4 is 34.7 Å². The van der Waals surface area contributed by atoms with Crippen LogP contribution in [0.1, 0.15) is 26.2 Å². The number of ether oxygens (including phenoxy) is 1. The standard InChI is InChI=1S/C11H17ClO7.Na/c1-2-7(13)3-11(18,10(16)17)4-9(15)19-6-8(14)5-12;/h8,14,18H,2-6H2,1H3,(H,16,17);/q;+1/p-1. The SMILES string of the molecule is CCC(=O)CC(O)(CC(=O)OCC(O)CCl)C(=O)[O-].[Na+]. The summed E-state index contributed by atoms with van der Waals surface area (Å²) in [6.07, 6.45) is -2.73. The van der Waals surface area contributed by atoms with Gasteiger partial charge in [-0.15, -0.1) is 11.6 Å². The Labute approximate surface area is 143 Å². The van der Waals surface area contributed by atoms with Crippen LogP contribution >= 0.6 is 11.6 Å². The number of aliphatic hydroxyl groups is 2.